The van der Waals surface area contributed by atoms with Crippen LogP contribution in [-0.4, -0.2) is 66.1 Å². The summed E-state index contributed by atoms with van der Waals surface area (Å²) >= 11 is 1.57. The molecular weight excluding hydrogens is 406 g/mol. The zero-order chi connectivity index (χ0) is 20.9. The zero-order valence-electron chi connectivity index (χ0n) is 16.6. The Labute approximate surface area is 177 Å². The van der Waals surface area contributed by atoms with E-state index in [9.17, 15) is 14.4 Å². The Morgan fingerprint density at radius 2 is 2.10 bits per heavy atom. The molecule has 1 aliphatic carbocycles. The lowest BCUT2D eigenvalue weighted by Gasteiger charge is -2.25. The van der Waals surface area contributed by atoms with Crippen molar-refractivity contribution in [3.63, 3.8) is 0 Å². The van der Waals surface area contributed by atoms with Gasteiger partial charge in [-0.3, -0.25) is 14.5 Å². The molecule has 1 aromatic carbocycles. The molecule has 1 unspecified atom stereocenters. The summed E-state index contributed by atoms with van der Waals surface area (Å²) in [5, 5.41) is 6.49. The van der Waals surface area contributed by atoms with E-state index < -0.39 is 17.5 Å². The van der Waals surface area contributed by atoms with Crippen LogP contribution in [0, 0.1) is 5.92 Å². The molecule has 2 aromatic rings. The summed E-state index contributed by atoms with van der Waals surface area (Å²) in [7, 11) is 0. The van der Waals surface area contributed by atoms with Gasteiger partial charge in [0.25, 0.3) is 5.91 Å². The van der Waals surface area contributed by atoms with Gasteiger partial charge < -0.3 is 20.3 Å². The number of hydrogen-bond donors (Lipinski definition) is 2. The topological polar surface area (TPSA) is 104 Å². The highest BCUT2D eigenvalue weighted by Crippen LogP contribution is 2.42. The molecule has 4 amide bonds. The third kappa shape index (κ3) is 3.39. The second-order valence-electron chi connectivity index (χ2n) is 8.12. The highest BCUT2D eigenvalue weighted by Gasteiger charge is 2.56. The molecule has 2 aliphatic heterocycles. The summed E-state index contributed by atoms with van der Waals surface area (Å²) in [5.74, 6) is -0.564. The highest BCUT2D eigenvalue weighted by atomic mass is 32.1. The molecule has 9 nitrogen and oxygen atoms in total. The van der Waals surface area contributed by atoms with Crippen molar-refractivity contribution in [3.05, 3.63) is 18.2 Å². The largest absolute Gasteiger partial charge is 0.378 e. The van der Waals surface area contributed by atoms with Crippen molar-refractivity contribution in [2.75, 3.05) is 43.1 Å². The average Bonchev–Trinajstić information content (AvgIpc) is 3.47. The fourth-order valence-corrected chi connectivity index (χ4v) is 5.08. The number of benzene rings is 1. The minimum atomic E-state index is -0.880. The molecule has 2 N–H and O–H groups in total. The summed E-state index contributed by atoms with van der Waals surface area (Å²) in [5.41, 5.74) is 0.602. The van der Waals surface area contributed by atoms with Crippen LogP contribution in [-0.2, 0) is 14.3 Å². The van der Waals surface area contributed by atoms with Crippen LogP contribution >= 0.6 is 11.3 Å². The van der Waals surface area contributed by atoms with E-state index in [-0.39, 0.29) is 18.4 Å². The third-order valence-electron chi connectivity index (χ3n) is 5.94. The lowest BCUT2D eigenvalue weighted by Crippen LogP contribution is -2.46. The van der Waals surface area contributed by atoms with Crippen molar-refractivity contribution in [1.29, 1.82) is 0 Å². The van der Waals surface area contributed by atoms with E-state index in [1.54, 1.807) is 24.3 Å². The standard InChI is InChI=1S/C20H23N5O4S/c1-20(12-2-3-12)17(27)25(18(28)23-20)11-16(26)21-13-4-5-14-15(10-13)30-19(22-14)24-6-8-29-9-7-24/h4-5,10,12H,2-3,6-9,11H2,1H3,(H,21,26)(H,23,28). The zero-order valence-corrected chi connectivity index (χ0v) is 17.5. The lowest BCUT2D eigenvalue weighted by molar-refractivity contribution is -0.134. The summed E-state index contributed by atoms with van der Waals surface area (Å²) in [6.45, 7) is 4.46. The number of aromatic nitrogens is 1. The van der Waals surface area contributed by atoms with Gasteiger partial charge in [-0.15, -0.1) is 0 Å². The smallest absolute Gasteiger partial charge is 0.325 e. The quantitative estimate of drug-likeness (QED) is 0.703. The minimum Gasteiger partial charge on any atom is -0.378 e. The van der Waals surface area contributed by atoms with Gasteiger partial charge in [0.05, 0.1) is 23.4 Å². The number of imide groups is 1. The van der Waals surface area contributed by atoms with Crippen molar-refractivity contribution >= 4 is 50.2 Å². The van der Waals surface area contributed by atoms with Crippen LogP contribution in [0.25, 0.3) is 10.2 Å². The molecule has 1 saturated carbocycles. The molecule has 0 bridgehead atoms. The van der Waals surface area contributed by atoms with Crippen molar-refractivity contribution in [2.45, 2.75) is 25.3 Å². The molecule has 10 heteroatoms. The summed E-state index contributed by atoms with van der Waals surface area (Å²) in [6.07, 6.45) is 1.84. The second-order valence-corrected chi connectivity index (χ2v) is 9.13. The molecule has 2 saturated heterocycles. The lowest BCUT2D eigenvalue weighted by atomic mass is 9.96. The Morgan fingerprint density at radius 3 is 2.83 bits per heavy atom. The number of carbonyl (C=O) groups excluding carboxylic acids is 3. The van der Waals surface area contributed by atoms with Crippen LogP contribution in [0.15, 0.2) is 18.2 Å². The van der Waals surface area contributed by atoms with E-state index >= 15 is 0 Å². The van der Waals surface area contributed by atoms with Gasteiger partial charge in [0.1, 0.15) is 12.1 Å². The Morgan fingerprint density at radius 1 is 1.33 bits per heavy atom. The fourth-order valence-electron chi connectivity index (χ4n) is 4.02. The number of rotatable bonds is 5. The number of amides is 4. The van der Waals surface area contributed by atoms with Gasteiger partial charge in [-0.1, -0.05) is 11.3 Å². The van der Waals surface area contributed by atoms with Crippen LogP contribution < -0.4 is 15.5 Å². The predicted molar refractivity (Wildman–Crippen MR) is 113 cm³/mol. The monoisotopic (exact) mass is 429 g/mol. The number of thiazole rings is 1. The molecule has 3 fully saturated rings. The van der Waals surface area contributed by atoms with E-state index in [1.165, 1.54) is 0 Å². The minimum absolute atomic E-state index is 0.163. The molecule has 158 valence electrons. The average molecular weight is 430 g/mol. The first-order chi connectivity index (χ1) is 14.4. The van der Waals surface area contributed by atoms with Gasteiger partial charge >= 0.3 is 6.03 Å². The normalized spacial score (nSPS) is 24.4. The number of hydrogen-bond acceptors (Lipinski definition) is 7. The molecule has 5 rings (SSSR count). The number of fused-ring (bicyclic) bond motifs is 1. The maximum atomic E-state index is 12.7. The summed E-state index contributed by atoms with van der Waals surface area (Å²) < 4.78 is 6.35. The highest BCUT2D eigenvalue weighted by molar-refractivity contribution is 7.22. The first kappa shape index (κ1) is 19.3. The number of anilines is 2. The summed E-state index contributed by atoms with van der Waals surface area (Å²) in [6, 6.07) is 5.01. The fraction of sp³-hybridized carbons (Fsp3) is 0.500. The van der Waals surface area contributed by atoms with Gasteiger partial charge in [-0.05, 0) is 43.9 Å². The molecule has 3 heterocycles. The third-order valence-corrected chi connectivity index (χ3v) is 7.02. The van der Waals surface area contributed by atoms with E-state index in [0.29, 0.717) is 18.9 Å². The Hall–Kier alpha value is -2.72. The van der Waals surface area contributed by atoms with E-state index in [1.807, 2.05) is 12.1 Å². The van der Waals surface area contributed by atoms with Gasteiger partial charge in [0.2, 0.25) is 5.91 Å². The molecule has 1 aromatic heterocycles. The van der Waals surface area contributed by atoms with E-state index in [0.717, 1.165) is 46.2 Å². The molecule has 30 heavy (non-hydrogen) atoms. The molecule has 0 spiro atoms. The number of nitrogens with zero attached hydrogens (tertiary/aromatic N) is 3. The Balaban J connectivity index is 1.26. The molecule has 0 radical (unpaired) electrons. The first-order valence-corrected chi connectivity index (χ1v) is 10.9. The van der Waals surface area contributed by atoms with Crippen molar-refractivity contribution in [3.8, 4) is 0 Å². The van der Waals surface area contributed by atoms with E-state index in [4.69, 9.17) is 4.74 Å². The maximum absolute atomic E-state index is 12.7. The first-order valence-electron chi connectivity index (χ1n) is 10.1. The van der Waals surface area contributed by atoms with Crippen molar-refractivity contribution in [1.82, 2.24) is 15.2 Å². The molecule has 3 aliphatic rings. The SMILES string of the molecule is CC1(C2CC2)NC(=O)N(CC(=O)Nc2ccc3nc(N4CCOCC4)sc3c2)C1=O. The summed E-state index contributed by atoms with van der Waals surface area (Å²) in [4.78, 5) is 45.3. The Bertz CT molecular complexity index is 1030. The number of ether oxygens (including phenoxy) is 1. The van der Waals surface area contributed by atoms with Crippen molar-refractivity contribution in [2.24, 2.45) is 5.92 Å². The number of urea groups is 1. The van der Waals surface area contributed by atoms with Gasteiger partial charge in [0.15, 0.2) is 5.13 Å². The number of morpholine rings is 1. The van der Waals surface area contributed by atoms with Crippen LogP contribution in [0.5, 0.6) is 0 Å². The van der Waals surface area contributed by atoms with Crippen LogP contribution in [0.3, 0.4) is 0 Å². The second kappa shape index (κ2) is 7.21. The van der Waals surface area contributed by atoms with Gasteiger partial charge in [-0.25, -0.2) is 9.78 Å². The van der Waals surface area contributed by atoms with Crippen molar-refractivity contribution < 1.29 is 19.1 Å². The maximum Gasteiger partial charge on any atom is 0.325 e. The molecular formula is C20H23N5O4S. The number of nitrogens with one attached hydrogen (secondary N) is 2. The van der Waals surface area contributed by atoms with Gasteiger partial charge in [0, 0.05) is 18.8 Å². The van der Waals surface area contributed by atoms with Crippen LogP contribution in [0.1, 0.15) is 19.8 Å². The van der Waals surface area contributed by atoms with Crippen LogP contribution in [0.2, 0.25) is 0 Å². The van der Waals surface area contributed by atoms with Gasteiger partial charge in [-0.2, -0.15) is 0 Å². The Kier molecular flexibility index (Phi) is 4.62. The predicted octanol–water partition coefficient (Wildman–Crippen LogP) is 1.79. The van der Waals surface area contributed by atoms with E-state index in [2.05, 4.69) is 20.5 Å². The van der Waals surface area contributed by atoms with Crippen LogP contribution in [0.4, 0.5) is 15.6 Å². The number of carbonyl (C=O) groups is 3. The molecule has 1 atom stereocenters.